The van der Waals surface area contributed by atoms with Gasteiger partial charge in [-0.3, -0.25) is 0 Å². The Morgan fingerprint density at radius 2 is 1.90 bits per heavy atom. The summed E-state index contributed by atoms with van der Waals surface area (Å²) in [6.07, 6.45) is 1.76. The van der Waals surface area contributed by atoms with Crippen molar-refractivity contribution < 1.29 is 33.2 Å². The van der Waals surface area contributed by atoms with Gasteiger partial charge in [-0.2, -0.15) is 0 Å². The summed E-state index contributed by atoms with van der Waals surface area (Å²) in [5.41, 5.74) is 0. The molecule has 0 heterocycles. The molecule has 0 aliphatic heterocycles. The molecule has 2 nitrogen and oxygen atoms in total. The van der Waals surface area contributed by atoms with Gasteiger partial charge < -0.3 is 33.2 Å². The summed E-state index contributed by atoms with van der Waals surface area (Å²) in [6.45, 7) is 4.94. The summed E-state index contributed by atoms with van der Waals surface area (Å²) < 4.78 is 6.04. The lowest BCUT2D eigenvalue weighted by molar-refractivity contribution is -0.890. The number of rotatable bonds is 4. The molecular formula is C7H16INO. The Balaban J connectivity index is 0. The number of hydrogen-bond acceptors (Lipinski definition) is 1. The normalized spacial score (nSPS) is 10.3. The minimum Gasteiger partial charge on any atom is -1.00 e. The number of hydrogen-bond donors (Lipinski definition) is 0. The lowest BCUT2D eigenvalue weighted by Gasteiger charge is -2.22. The van der Waals surface area contributed by atoms with E-state index in [9.17, 15) is 0 Å². The fourth-order valence-corrected chi connectivity index (χ4v) is 0.410. The van der Waals surface area contributed by atoms with Crippen molar-refractivity contribution >= 4 is 0 Å². The first-order valence-electron chi connectivity index (χ1n) is 3.05. The molecule has 0 atom stereocenters. The van der Waals surface area contributed by atoms with Gasteiger partial charge in [0.25, 0.3) is 0 Å². The van der Waals surface area contributed by atoms with Gasteiger partial charge in [0.15, 0.2) is 6.73 Å². The van der Waals surface area contributed by atoms with Crippen LogP contribution in [0.3, 0.4) is 0 Å². The zero-order valence-corrected chi connectivity index (χ0v) is 9.09. The molecule has 62 valence electrons. The van der Waals surface area contributed by atoms with Gasteiger partial charge in [-0.1, -0.05) is 6.08 Å². The Hall–Kier alpha value is 0.390. The highest BCUT2D eigenvalue weighted by Crippen LogP contribution is 1.89. The van der Waals surface area contributed by atoms with Crippen molar-refractivity contribution in [3.05, 3.63) is 12.7 Å². The van der Waals surface area contributed by atoms with Crippen LogP contribution in [0, 0.1) is 0 Å². The van der Waals surface area contributed by atoms with E-state index in [1.54, 1.807) is 6.08 Å². The van der Waals surface area contributed by atoms with Crippen molar-refractivity contribution in [2.75, 3.05) is 34.5 Å². The first kappa shape index (κ1) is 13.0. The highest BCUT2D eigenvalue weighted by Gasteiger charge is 2.03. The first-order chi connectivity index (χ1) is 4.06. The molecule has 3 heteroatoms. The van der Waals surface area contributed by atoms with Crippen LogP contribution in [0.25, 0.3) is 0 Å². The molecule has 0 fully saturated rings. The molecule has 0 aromatic carbocycles. The molecule has 0 radical (unpaired) electrons. The van der Waals surface area contributed by atoms with Crippen molar-refractivity contribution in [1.82, 2.24) is 0 Å². The third-order valence-electron chi connectivity index (χ3n) is 0.714. The molecular weight excluding hydrogens is 241 g/mol. The zero-order chi connectivity index (χ0) is 7.33. The SMILES string of the molecule is C=CCOC[N+](C)(C)C.[I-]. The fourth-order valence-electron chi connectivity index (χ4n) is 0.410. The van der Waals surface area contributed by atoms with Crippen molar-refractivity contribution in [2.45, 2.75) is 0 Å². The van der Waals surface area contributed by atoms with E-state index in [4.69, 9.17) is 4.74 Å². The van der Waals surface area contributed by atoms with Crippen molar-refractivity contribution in [1.29, 1.82) is 0 Å². The van der Waals surface area contributed by atoms with Gasteiger partial charge >= 0.3 is 0 Å². The van der Waals surface area contributed by atoms with Crippen molar-refractivity contribution in [3.63, 3.8) is 0 Å². The van der Waals surface area contributed by atoms with Gasteiger partial charge in [-0.15, -0.1) is 6.58 Å². The number of quaternary nitrogens is 1. The van der Waals surface area contributed by atoms with E-state index in [1.807, 2.05) is 0 Å². The van der Waals surface area contributed by atoms with E-state index < -0.39 is 0 Å². The number of halogens is 1. The maximum atomic E-state index is 5.20. The predicted octanol–water partition coefficient (Wildman–Crippen LogP) is -2.14. The lowest BCUT2D eigenvalue weighted by atomic mass is 10.7. The third kappa shape index (κ3) is 11.2. The van der Waals surface area contributed by atoms with Crippen LogP contribution >= 0.6 is 0 Å². The van der Waals surface area contributed by atoms with Crippen LogP contribution in [0.5, 0.6) is 0 Å². The smallest absolute Gasteiger partial charge is 0.182 e. The average Bonchev–Trinajstić information content (AvgIpc) is 1.63. The van der Waals surface area contributed by atoms with Gasteiger partial charge in [-0.05, 0) is 0 Å². The quantitative estimate of drug-likeness (QED) is 0.184. The molecule has 0 aromatic heterocycles. The minimum atomic E-state index is 0. The molecule has 0 rings (SSSR count). The second-order valence-corrected chi connectivity index (χ2v) is 3.08. The summed E-state index contributed by atoms with van der Waals surface area (Å²) in [4.78, 5) is 0. The molecule has 0 aromatic rings. The summed E-state index contributed by atoms with van der Waals surface area (Å²) in [5.74, 6) is 0. The molecule has 0 aliphatic rings. The molecule has 0 bridgehead atoms. The Kier molecular flexibility index (Phi) is 7.97. The van der Waals surface area contributed by atoms with Gasteiger partial charge in [0.2, 0.25) is 0 Å². The van der Waals surface area contributed by atoms with Gasteiger partial charge in [0, 0.05) is 0 Å². The van der Waals surface area contributed by atoms with Gasteiger partial charge in [0.1, 0.15) is 0 Å². The second-order valence-electron chi connectivity index (χ2n) is 3.08. The Labute approximate surface area is 80.5 Å². The van der Waals surface area contributed by atoms with E-state index in [1.165, 1.54) is 0 Å². The predicted molar refractivity (Wildman–Crippen MR) is 39.0 cm³/mol. The van der Waals surface area contributed by atoms with E-state index in [2.05, 4.69) is 27.7 Å². The maximum Gasteiger partial charge on any atom is 0.182 e. The Bertz CT molecular complexity index is 88.1. The highest BCUT2D eigenvalue weighted by atomic mass is 127. The first-order valence-corrected chi connectivity index (χ1v) is 3.05. The van der Waals surface area contributed by atoms with Crippen molar-refractivity contribution in [3.8, 4) is 0 Å². The van der Waals surface area contributed by atoms with E-state index in [0.29, 0.717) is 6.61 Å². The highest BCUT2D eigenvalue weighted by molar-refractivity contribution is 4.62. The molecule has 0 amide bonds. The molecule has 10 heavy (non-hydrogen) atoms. The fraction of sp³-hybridized carbons (Fsp3) is 0.714. The average molecular weight is 257 g/mol. The van der Waals surface area contributed by atoms with E-state index in [0.717, 1.165) is 11.2 Å². The topological polar surface area (TPSA) is 9.23 Å². The van der Waals surface area contributed by atoms with Crippen LogP contribution < -0.4 is 24.0 Å². The van der Waals surface area contributed by atoms with Crippen LogP contribution in [0.15, 0.2) is 12.7 Å². The molecule has 0 saturated carbocycles. The minimum absolute atomic E-state index is 0. The largest absolute Gasteiger partial charge is 1.00 e. The summed E-state index contributed by atoms with van der Waals surface area (Å²) in [7, 11) is 6.26. The molecule has 0 saturated heterocycles. The molecule has 0 N–H and O–H groups in total. The van der Waals surface area contributed by atoms with Gasteiger partial charge in [-0.25, -0.2) is 0 Å². The number of nitrogens with zero attached hydrogens (tertiary/aromatic N) is 1. The molecule has 0 unspecified atom stereocenters. The van der Waals surface area contributed by atoms with E-state index in [-0.39, 0.29) is 24.0 Å². The number of ether oxygens (including phenoxy) is 1. The standard InChI is InChI=1S/C7H16NO.HI/c1-5-6-9-7-8(2,3)4;/h5H,1,6-7H2,2-4H3;1H/q+1;/p-1. The zero-order valence-electron chi connectivity index (χ0n) is 6.93. The van der Waals surface area contributed by atoms with E-state index >= 15 is 0 Å². The summed E-state index contributed by atoms with van der Waals surface area (Å²) in [5, 5.41) is 0. The van der Waals surface area contributed by atoms with Crippen LogP contribution in [0.1, 0.15) is 0 Å². The van der Waals surface area contributed by atoms with Crippen LogP contribution in [-0.2, 0) is 4.74 Å². The Morgan fingerprint density at radius 1 is 1.40 bits per heavy atom. The Morgan fingerprint density at radius 3 is 2.20 bits per heavy atom. The third-order valence-corrected chi connectivity index (χ3v) is 0.714. The van der Waals surface area contributed by atoms with Crippen molar-refractivity contribution in [2.24, 2.45) is 0 Å². The summed E-state index contributed by atoms with van der Waals surface area (Å²) in [6, 6.07) is 0. The second kappa shape index (κ2) is 6.12. The molecule has 0 aliphatic carbocycles. The molecule has 0 spiro atoms. The van der Waals surface area contributed by atoms with Crippen LogP contribution in [-0.4, -0.2) is 39.0 Å². The maximum absolute atomic E-state index is 5.20. The summed E-state index contributed by atoms with van der Waals surface area (Å²) >= 11 is 0. The lowest BCUT2D eigenvalue weighted by Crippen LogP contribution is -3.00. The van der Waals surface area contributed by atoms with Gasteiger partial charge in [0.05, 0.1) is 27.7 Å². The monoisotopic (exact) mass is 257 g/mol. The van der Waals surface area contributed by atoms with Crippen LogP contribution in [0.4, 0.5) is 0 Å². The van der Waals surface area contributed by atoms with Crippen LogP contribution in [0.2, 0.25) is 0 Å².